The van der Waals surface area contributed by atoms with E-state index in [9.17, 15) is 9.18 Å². The highest BCUT2D eigenvalue weighted by atomic mass is 19.1. The number of carbonyl (C=O) groups is 1. The fourth-order valence-electron chi connectivity index (χ4n) is 2.77. The smallest absolute Gasteiger partial charge is 0.228 e. The number of benzene rings is 1. The molecule has 0 spiro atoms. The van der Waals surface area contributed by atoms with Gasteiger partial charge in [0.2, 0.25) is 5.91 Å². The molecule has 2 heterocycles. The molecule has 2 aromatic rings. The highest BCUT2D eigenvalue weighted by molar-refractivity contribution is 5.90. The number of hydrogen-bond donors (Lipinski definition) is 1. The zero-order valence-corrected chi connectivity index (χ0v) is 13.7. The van der Waals surface area contributed by atoms with Crippen LogP contribution in [0.1, 0.15) is 36.9 Å². The van der Waals surface area contributed by atoms with Crippen LogP contribution in [0.5, 0.6) is 0 Å². The maximum atomic E-state index is 13.7. The fourth-order valence-corrected chi connectivity index (χ4v) is 2.77. The average molecular weight is 332 g/mol. The topological polar surface area (TPSA) is 69.0 Å². The van der Waals surface area contributed by atoms with Crippen molar-refractivity contribution in [3.63, 3.8) is 0 Å². The first-order valence-electron chi connectivity index (χ1n) is 8.18. The van der Waals surface area contributed by atoms with Crippen molar-refractivity contribution in [2.75, 3.05) is 11.9 Å². The Bertz CT molecular complexity index is 710. The average Bonchev–Trinajstić information content (AvgIpc) is 2.91. The van der Waals surface area contributed by atoms with Gasteiger partial charge in [-0.3, -0.25) is 4.79 Å². The van der Waals surface area contributed by atoms with Crippen molar-refractivity contribution in [2.45, 2.75) is 45.3 Å². The highest BCUT2D eigenvalue weighted by Crippen LogP contribution is 2.18. The molecule has 1 aliphatic rings. The molecule has 1 aromatic heterocycles. The summed E-state index contributed by atoms with van der Waals surface area (Å²) in [5.74, 6) is -0.0116. The van der Waals surface area contributed by atoms with Crippen LogP contribution in [-0.2, 0) is 16.1 Å². The molecule has 0 saturated carbocycles. The largest absolute Gasteiger partial charge is 0.378 e. The van der Waals surface area contributed by atoms with Crippen molar-refractivity contribution < 1.29 is 13.9 Å². The molecule has 1 aliphatic heterocycles. The number of anilines is 1. The lowest BCUT2D eigenvalue weighted by molar-refractivity contribution is -0.119. The predicted octanol–water partition coefficient (Wildman–Crippen LogP) is 2.67. The highest BCUT2D eigenvalue weighted by Gasteiger charge is 2.19. The van der Waals surface area contributed by atoms with Crippen LogP contribution in [-0.4, -0.2) is 33.6 Å². The number of rotatable bonds is 5. The Morgan fingerprint density at radius 3 is 3.00 bits per heavy atom. The van der Waals surface area contributed by atoms with Gasteiger partial charge in [0.15, 0.2) is 5.82 Å². The second-order valence-corrected chi connectivity index (χ2v) is 6.01. The lowest BCUT2D eigenvalue weighted by Crippen LogP contribution is -2.25. The standard InChI is InChI=1S/C17H21FN4O2/c1-12-17(19-16(23)10-14-7-4-5-9-24-14)20-21-22(12)11-13-6-2-3-8-15(13)18/h2-3,6,8,14H,4-5,7,9-11H2,1H3,(H,19,23)/t14-/m0/s1. The third kappa shape index (κ3) is 3.97. The van der Waals surface area contributed by atoms with Gasteiger partial charge in [-0.25, -0.2) is 9.07 Å². The minimum Gasteiger partial charge on any atom is -0.378 e. The molecular formula is C17H21FN4O2. The third-order valence-electron chi connectivity index (χ3n) is 4.21. The van der Waals surface area contributed by atoms with Crippen LogP contribution < -0.4 is 5.32 Å². The van der Waals surface area contributed by atoms with E-state index in [1.54, 1.807) is 29.8 Å². The molecule has 7 heteroatoms. The molecule has 128 valence electrons. The van der Waals surface area contributed by atoms with Crippen molar-refractivity contribution in [3.05, 3.63) is 41.3 Å². The van der Waals surface area contributed by atoms with Gasteiger partial charge in [-0.05, 0) is 32.3 Å². The van der Waals surface area contributed by atoms with Crippen LogP contribution in [0.2, 0.25) is 0 Å². The molecule has 1 aromatic carbocycles. The molecular weight excluding hydrogens is 311 g/mol. The fraction of sp³-hybridized carbons (Fsp3) is 0.471. The number of nitrogens with zero attached hydrogens (tertiary/aromatic N) is 3. The Morgan fingerprint density at radius 1 is 1.42 bits per heavy atom. The Morgan fingerprint density at radius 2 is 2.25 bits per heavy atom. The summed E-state index contributed by atoms with van der Waals surface area (Å²) < 4.78 is 20.9. The number of halogens is 1. The molecule has 6 nitrogen and oxygen atoms in total. The summed E-state index contributed by atoms with van der Waals surface area (Å²) in [5, 5.41) is 10.8. The summed E-state index contributed by atoms with van der Waals surface area (Å²) in [6.07, 6.45) is 3.36. The number of amides is 1. The van der Waals surface area contributed by atoms with Crippen molar-refractivity contribution in [2.24, 2.45) is 0 Å². The van der Waals surface area contributed by atoms with Crippen LogP contribution in [0, 0.1) is 12.7 Å². The lowest BCUT2D eigenvalue weighted by atomic mass is 10.1. The third-order valence-corrected chi connectivity index (χ3v) is 4.21. The summed E-state index contributed by atoms with van der Waals surface area (Å²) >= 11 is 0. The molecule has 0 bridgehead atoms. The van der Waals surface area contributed by atoms with Crippen LogP contribution in [0.3, 0.4) is 0 Å². The molecule has 1 atom stereocenters. The number of hydrogen-bond acceptors (Lipinski definition) is 4. The van der Waals surface area contributed by atoms with E-state index < -0.39 is 0 Å². The summed E-state index contributed by atoms with van der Waals surface area (Å²) in [6.45, 7) is 2.79. The van der Waals surface area contributed by atoms with E-state index in [0.29, 0.717) is 23.5 Å². The number of nitrogens with one attached hydrogen (secondary N) is 1. The molecule has 1 amide bonds. The van der Waals surface area contributed by atoms with Crippen LogP contribution in [0.25, 0.3) is 0 Å². The summed E-state index contributed by atoms with van der Waals surface area (Å²) in [4.78, 5) is 12.1. The maximum absolute atomic E-state index is 13.7. The number of aromatic nitrogens is 3. The second kappa shape index (κ2) is 7.53. The Labute approximate surface area is 140 Å². The second-order valence-electron chi connectivity index (χ2n) is 6.01. The Balaban J connectivity index is 1.62. The van der Waals surface area contributed by atoms with E-state index in [1.807, 2.05) is 0 Å². The molecule has 1 N–H and O–H groups in total. The Hall–Kier alpha value is -2.28. The molecule has 0 unspecified atom stereocenters. The molecule has 24 heavy (non-hydrogen) atoms. The maximum Gasteiger partial charge on any atom is 0.228 e. The van der Waals surface area contributed by atoms with Crippen molar-refractivity contribution in [1.29, 1.82) is 0 Å². The van der Waals surface area contributed by atoms with Crippen LogP contribution in [0.15, 0.2) is 24.3 Å². The zero-order chi connectivity index (χ0) is 16.9. The van der Waals surface area contributed by atoms with Gasteiger partial charge in [0.25, 0.3) is 0 Å². The van der Waals surface area contributed by atoms with Gasteiger partial charge in [-0.15, -0.1) is 5.10 Å². The van der Waals surface area contributed by atoms with Gasteiger partial charge >= 0.3 is 0 Å². The van der Waals surface area contributed by atoms with E-state index in [4.69, 9.17) is 4.74 Å². The van der Waals surface area contributed by atoms with Gasteiger partial charge in [0.1, 0.15) is 5.82 Å². The van der Waals surface area contributed by atoms with Crippen LogP contribution >= 0.6 is 0 Å². The van der Waals surface area contributed by atoms with E-state index in [0.717, 1.165) is 25.9 Å². The van der Waals surface area contributed by atoms with Crippen molar-refractivity contribution in [1.82, 2.24) is 15.0 Å². The molecule has 1 fully saturated rings. The van der Waals surface area contributed by atoms with E-state index in [1.165, 1.54) is 6.07 Å². The quantitative estimate of drug-likeness (QED) is 0.914. The number of carbonyl (C=O) groups excluding carboxylic acids is 1. The molecule has 1 saturated heterocycles. The predicted molar refractivity (Wildman–Crippen MR) is 87.1 cm³/mol. The Kier molecular flexibility index (Phi) is 5.20. The first-order chi connectivity index (χ1) is 11.6. The minimum absolute atomic E-state index is 0.0208. The first kappa shape index (κ1) is 16.6. The van der Waals surface area contributed by atoms with Gasteiger partial charge < -0.3 is 10.1 Å². The normalized spacial score (nSPS) is 17.7. The molecule has 3 rings (SSSR count). The molecule has 0 aliphatic carbocycles. The summed E-state index contributed by atoms with van der Waals surface area (Å²) in [7, 11) is 0. The molecule has 0 radical (unpaired) electrons. The van der Waals surface area contributed by atoms with Crippen molar-refractivity contribution >= 4 is 11.7 Å². The summed E-state index contributed by atoms with van der Waals surface area (Å²) in [6, 6.07) is 6.53. The SMILES string of the molecule is Cc1c(NC(=O)C[C@@H]2CCCCO2)nnn1Cc1ccccc1F. The van der Waals surface area contributed by atoms with Crippen LogP contribution in [0.4, 0.5) is 10.2 Å². The van der Waals surface area contributed by atoms with E-state index in [2.05, 4.69) is 15.6 Å². The van der Waals surface area contributed by atoms with Gasteiger partial charge in [0, 0.05) is 12.2 Å². The minimum atomic E-state index is -0.285. The monoisotopic (exact) mass is 332 g/mol. The number of ether oxygens (including phenoxy) is 1. The lowest BCUT2D eigenvalue weighted by Gasteiger charge is -2.21. The van der Waals surface area contributed by atoms with Crippen molar-refractivity contribution in [3.8, 4) is 0 Å². The van der Waals surface area contributed by atoms with Gasteiger partial charge in [0.05, 0.1) is 24.8 Å². The van der Waals surface area contributed by atoms with Gasteiger partial charge in [-0.2, -0.15) is 0 Å². The van der Waals surface area contributed by atoms with Gasteiger partial charge in [-0.1, -0.05) is 23.4 Å². The zero-order valence-electron chi connectivity index (χ0n) is 13.7. The van der Waals surface area contributed by atoms with E-state index in [-0.39, 0.29) is 24.4 Å². The van der Waals surface area contributed by atoms with E-state index >= 15 is 0 Å². The summed E-state index contributed by atoms with van der Waals surface area (Å²) in [5.41, 5.74) is 1.22. The first-order valence-corrected chi connectivity index (χ1v) is 8.18.